The van der Waals surface area contributed by atoms with Crippen LogP contribution in [0.25, 0.3) is 0 Å². The molecule has 6 nitrogen and oxygen atoms in total. The van der Waals surface area contributed by atoms with Gasteiger partial charge in [0, 0.05) is 44.3 Å². The molecule has 164 valence electrons. The van der Waals surface area contributed by atoms with Gasteiger partial charge >= 0.3 is 0 Å². The molecule has 2 N–H and O–H groups in total. The molecule has 1 aromatic heterocycles. The lowest BCUT2D eigenvalue weighted by Gasteiger charge is -2.28. The summed E-state index contributed by atoms with van der Waals surface area (Å²) in [5.74, 6) is 1.39. The van der Waals surface area contributed by atoms with Crippen LogP contribution in [0.3, 0.4) is 0 Å². The molecule has 2 aliphatic heterocycles. The van der Waals surface area contributed by atoms with Gasteiger partial charge in [0.2, 0.25) is 0 Å². The number of benzene rings is 1. The van der Waals surface area contributed by atoms with Crippen molar-refractivity contribution in [2.45, 2.75) is 13.0 Å². The Hall–Kier alpha value is -1.86. The highest BCUT2D eigenvalue weighted by Gasteiger charge is 2.48. The first-order valence-corrected chi connectivity index (χ1v) is 9.93. The molecule has 0 spiro atoms. The maximum absolute atomic E-state index is 13.2. The van der Waals surface area contributed by atoms with Crippen molar-refractivity contribution in [3.05, 3.63) is 59.4 Å². The molecule has 2 aromatic rings. The van der Waals surface area contributed by atoms with Crippen LogP contribution in [0.15, 0.2) is 42.6 Å². The summed E-state index contributed by atoms with van der Waals surface area (Å²) >= 11 is 0. The molecule has 3 heterocycles. The number of hydrogen-bond donors (Lipinski definition) is 1. The van der Waals surface area contributed by atoms with Gasteiger partial charge in [0.25, 0.3) is 5.91 Å². The zero-order valence-electron chi connectivity index (χ0n) is 17.4. The van der Waals surface area contributed by atoms with Gasteiger partial charge in [-0.25, -0.2) is 4.98 Å². The van der Waals surface area contributed by atoms with Crippen molar-refractivity contribution in [1.29, 1.82) is 0 Å². The molecule has 0 aliphatic carbocycles. The third kappa shape index (κ3) is 4.57. The average molecular weight is 453 g/mol. The number of pyridine rings is 1. The summed E-state index contributed by atoms with van der Waals surface area (Å²) in [5.41, 5.74) is 8.61. The van der Waals surface area contributed by atoms with Crippen LogP contribution in [0.5, 0.6) is 5.75 Å². The van der Waals surface area contributed by atoms with Crippen LogP contribution in [-0.4, -0.2) is 60.5 Å². The Bertz CT molecular complexity index is 867. The number of hydrogen-bond acceptors (Lipinski definition) is 5. The van der Waals surface area contributed by atoms with E-state index < -0.39 is 0 Å². The van der Waals surface area contributed by atoms with E-state index in [-0.39, 0.29) is 30.7 Å². The number of carbonyl (C=O) groups excluding carboxylic acids is 1. The Labute approximate surface area is 190 Å². The van der Waals surface area contributed by atoms with Crippen LogP contribution >= 0.6 is 24.8 Å². The van der Waals surface area contributed by atoms with E-state index in [1.54, 1.807) is 18.3 Å². The van der Waals surface area contributed by atoms with Gasteiger partial charge in [0.15, 0.2) is 11.4 Å². The lowest BCUT2D eigenvalue weighted by atomic mass is 9.88. The Morgan fingerprint density at radius 1 is 1.17 bits per heavy atom. The summed E-state index contributed by atoms with van der Waals surface area (Å²) < 4.78 is 5.64. The lowest BCUT2D eigenvalue weighted by molar-refractivity contribution is 0.0757. The number of aromatic nitrogens is 1. The average Bonchev–Trinajstić information content (AvgIpc) is 3.23. The third-order valence-corrected chi connectivity index (χ3v) is 6.04. The molecule has 1 aromatic carbocycles. The van der Waals surface area contributed by atoms with E-state index >= 15 is 0 Å². The third-order valence-electron chi connectivity index (χ3n) is 6.04. The van der Waals surface area contributed by atoms with E-state index in [1.165, 1.54) is 11.1 Å². The molecule has 0 unspecified atom stereocenters. The van der Waals surface area contributed by atoms with Gasteiger partial charge in [0.1, 0.15) is 6.61 Å². The molecule has 2 aliphatic rings. The lowest BCUT2D eigenvalue weighted by Crippen LogP contribution is -2.34. The van der Waals surface area contributed by atoms with Crippen LogP contribution < -0.4 is 10.5 Å². The van der Waals surface area contributed by atoms with E-state index in [0.29, 0.717) is 42.5 Å². The second-order valence-electron chi connectivity index (χ2n) is 7.86. The number of halogens is 2. The molecular formula is C22H30Cl2N4O2. The van der Waals surface area contributed by atoms with Crippen molar-refractivity contribution >= 4 is 30.7 Å². The predicted molar refractivity (Wildman–Crippen MR) is 123 cm³/mol. The molecule has 30 heavy (non-hydrogen) atoms. The minimum Gasteiger partial charge on any atom is -0.490 e. The van der Waals surface area contributed by atoms with Crippen molar-refractivity contribution in [2.24, 2.45) is 17.6 Å². The second kappa shape index (κ2) is 10.4. The highest BCUT2D eigenvalue weighted by atomic mass is 35.5. The molecule has 8 heteroatoms. The van der Waals surface area contributed by atoms with Crippen molar-refractivity contribution in [1.82, 2.24) is 14.8 Å². The molecule has 0 radical (unpaired) electrons. The van der Waals surface area contributed by atoms with Gasteiger partial charge in [-0.3, -0.25) is 9.69 Å². The Balaban J connectivity index is 0.00000160. The number of fused-ring (bicyclic) bond motifs is 1. The monoisotopic (exact) mass is 452 g/mol. The maximum Gasteiger partial charge on any atom is 0.276 e. The Morgan fingerprint density at radius 2 is 1.93 bits per heavy atom. The van der Waals surface area contributed by atoms with Crippen LogP contribution in [0.1, 0.15) is 27.7 Å². The van der Waals surface area contributed by atoms with Crippen molar-refractivity contribution in [3.63, 3.8) is 0 Å². The maximum atomic E-state index is 13.2. The fourth-order valence-corrected chi connectivity index (χ4v) is 4.80. The molecule has 3 atom stereocenters. The summed E-state index contributed by atoms with van der Waals surface area (Å²) in [4.78, 5) is 21.9. The number of amides is 1. The quantitative estimate of drug-likeness (QED) is 0.754. The van der Waals surface area contributed by atoms with Gasteiger partial charge in [-0.15, -0.1) is 24.8 Å². The number of ether oxygens (including phenoxy) is 1. The fraction of sp³-hybridized carbons (Fsp3) is 0.455. The smallest absolute Gasteiger partial charge is 0.276 e. The number of nitrogens with zero attached hydrogens (tertiary/aromatic N) is 3. The first-order chi connectivity index (χ1) is 13.6. The zero-order valence-corrected chi connectivity index (χ0v) is 19.0. The molecule has 4 rings (SSSR count). The van der Waals surface area contributed by atoms with Gasteiger partial charge in [0.05, 0.1) is 0 Å². The van der Waals surface area contributed by atoms with Crippen molar-refractivity contribution in [3.8, 4) is 5.75 Å². The number of nitrogens with two attached hydrogens (primary N) is 1. The molecule has 0 bridgehead atoms. The minimum atomic E-state index is -0.0480. The fourth-order valence-electron chi connectivity index (χ4n) is 4.80. The zero-order chi connectivity index (χ0) is 19.7. The number of rotatable bonds is 5. The standard InChI is InChI=1S/C22H28N4O2.2ClH/c1-15-6-3-4-7-17(15)21-18-14-26(13-16(18)12-25(21)2)22(27)20-19(28-11-9-23)8-5-10-24-20;;/h3-8,10,16,18,21H,9,11-14,23H2,1-2H3;2*1H/t16-,18+,21-;;/m0../s1. The summed E-state index contributed by atoms with van der Waals surface area (Å²) in [7, 11) is 2.19. The van der Waals surface area contributed by atoms with E-state index in [9.17, 15) is 4.79 Å². The Morgan fingerprint density at radius 3 is 2.67 bits per heavy atom. The van der Waals surface area contributed by atoms with Gasteiger partial charge in [-0.05, 0) is 43.1 Å². The molecule has 2 fully saturated rings. The predicted octanol–water partition coefficient (Wildman–Crippen LogP) is 2.95. The molecule has 0 saturated carbocycles. The Kier molecular flexibility index (Phi) is 8.50. The normalized spacial score (nSPS) is 22.8. The van der Waals surface area contributed by atoms with E-state index in [0.717, 1.165) is 19.6 Å². The van der Waals surface area contributed by atoms with E-state index in [2.05, 4.69) is 48.1 Å². The summed E-state index contributed by atoms with van der Waals surface area (Å²) in [6.07, 6.45) is 1.64. The SMILES string of the molecule is Cc1ccccc1[C@H]1[C@@H]2CN(C(=O)c3ncccc3OCCN)C[C@@H]2CN1C.Cl.Cl. The molecule has 1 amide bonds. The minimum absolute atomic E-state index is 0. The van der Waals surface area contributed by atoms with Crippen molar-refractivity contribution in [2.75, 3.05) is 39.8 Å². The van der Waals surface area contributed by atoms with E-state index in [1.807, 2.05) is 4.90 Å². The first-order valence-electron chi connectivity index (χ1n) is 9.93. The summed E-state index contributed by atoms with van der Waals surface area (Å²) in [6, 6.07) is 12.5. The highest BCUT2D eigenvalue weighted by molar-refractivity contribution is 5.95. The van der Waals surface area contributed by atoms with Gasteiger partial charge < -0.3 is 15.4 Å². The van der Waals surface area contributed by atoms with Gasteiger partial charge in [-0.2, -0.15) is 0 Å². The molecule has 2 saturated heterocycles. The van der Waals surface area contributed by atoms with Crippen molar-refractivity contribution < 1.29 is 9.53 Å². The van der Waals surface area contributed by atoms with Crippen LogP contribution in [0.2, 0.25) is 0 Å². The number of likely N-dealkylation sites (tertiary alicyclic amines) is 2. The molecular weight excluding hydrogens is 423 g/mol. The largest absolute Gasteiger partial charge is 0.490 e. The van der Waals surface area contributed by atoms with Crippen LogP contribution in [0.4, 0.5) is 0 Å². The van der Waals surface area contributed by atoms with E-state index in [4.69, 9.17) is 10.5 Å². The van der Waals surface area contributed by atoms with Crippen LogP contribution in [0, 0.1) is 18.8 Å². The topological polar surface area (TPSA) is 71.7 Å². The summed E-state index contributed by atoms with van der Waals surface area (Å²) in [5, 5.41) is 0. The number of carbonyl (C=O) groups is 1. The first kappa shape index (κ1) is 24.4. The highest BCUT2D eigenvalue weighted by Crippen LogP contribution is 2.45. The van der Waals surface area contributed by atoms with Gasteiger partial charge in [-0.1, -0.05) is 24.3 Å². The van der Waals surface area contributed by atoms with Crippen LogP contribution in [-0.2, 0) is 0 Å². The number of aryl methyl sites for hydroxylation is 1. The summed E-state index contributed by atoms with van der Waals surface area (Å²) in [6.45, 7) is 5.47. The second-order valence-corrected chi connectivity index (χ2v) is 7.86.